The van der Waals surface area contributed by atoms with Gasteiger partial charge in [-0.25, -0.2) is 4.79 Å². The number of aromatic nitrogens is 1. The second-order valence-corrected chi connectivity index (χ2v) is 7.70. The third kappa shape index (κ3) is 3.22. The zero-order valence-corrected chi connectivity index (χ0v) is 15.0. The number of hydrogen-bond donors (Lipinski definition) is 0. The minimum Gasteiger partial charge on any atom is -0.408 e. The van der Waals surface area contributed by atoms with Crippen LogP contribution in [0, 0.1) is 5.92 Å². The molecule has 0 unspecified atom stereocenters. The number of piperidine rings is 1. The quantitative estimate of drug-likeness (QED) is 0.811. The Labute approximate surface area is 151 Å². The van der Waals surface area contributed by atoms with E-state index in [0.717, 1.165) is 50.6 Å². The van der Waals surface area contributed by atoms with E-state index in [-0.39, 0.29) is 23.6 Å². The molecule has 6 heteroatoms. The van der Waals surface area contributed by atoms with Gasteiger partial charge < -0.3 is 9.32 Å². The Kier molecular flexibility index (Phi) is 4.59. The molecule has 1 aromatic heterocycles. The van der Waals surface area contributed by atoms with Gasteiger partial charge in [-0.15, -0.1) is 0 Å². The van der Waals surface area contributed by atoms with E-state index < -0.39 is 0 Å². The van der Waals surface area contributed by atoms with Crippen molar-refractivity contribution in [2.75, 3.05) is 13.1 Å². The molecule has 0 bridgehead atoms. The first-order chi connectivity index (χ1) is 12.1. The van der Waals surface area contributed by atoms with Gasteiger partial charge in [0.15, 0.2) is 5.58 Å². The summed E-state index contributed by atoms with van der Waals surface area (Å²) in [5.41, 5.74) is 1.26. The van der Waals surface area contributed by atoms with E-state index in [9.17, 15) is 9.59 Å². The molecule has 0 N–H and O–H groups in total. The Hall–Kier alpha value is -1.75. The third-order valence-electron chi connectivity index (χ3n) is 5.60. The molecule has 2 fully saturated rings. The maximum Gasteiger partial charge on any atom is 0.420 e. The van der Waals surface area contributed by atoms with Crippen LogP contribution in [0.2, 0.25) is 5.02 Å². The molecule has 5 nitrogen and oxygen atoms in total. The molecule has 1 aliphatic carbocycles. The molecule has 2 aliphatic rings. The van der Waals surface area contributed by atoms with Crippen molar-refractivity contribution < 1.29 is 9.21 Å². The van der Waals surface area contributed by atoms with Gasteiger partial charge in [0, 0.05) is 24.0 Å². The normalized spacial score (nSPS) is 22.4. The van der Waals surface area contributed by atoms with Gasteiger partial charge in [0.2, 0.25) is 5.91 Å². The molecule has 2 heterocycles. The molecular weight excluding hydrogens is 340 g/mol. The summed E-state index contributed by atoms with van der Waals surface area (Å²) in [5.74, 6) is 0.0669. The molecule has 1 aromatic carbocycles. The summed E-state index contributed by atoms with van der Waals surface area (Å²) in [5, 5.41) is 0.577. The molecule has 0 spiro atoms. The number of likely N-dealkylation sites (tertiary alicyclic amines) is 1. The molecule has 1 saturated heterocycles. The van der Waals surface area contributed by atoms with Crippen LogP contribution in [0.1, 0.15) is 51.0 Å². The third-order valence-corrected chi connectivity index (χ3v) is 5.84. The van der Waals surface area contributed by atoms with Crippen molar-refractivity contribution in [2.24, 2.45) is 5.92 Å². The Morgan fingerprint density at radius 2 is 1.92 bits per heavy atom. The molecule has 2 aromatic rings. The fourth-order valence-corrected chi connectivity index (χ4v) is 4.49. The van der Waals surface area contributed by atoms with Gasteiger partial charge in [-0.2, -0.15) is 0 Å². The van der Waals surface area contributed by atoms with Gasteiger partial charge in [0.25, 0.3) is 0 Å². The van der Waals surface area contributed by atoms with Crippen molar-refractivity contribution in [1.29, 1.82) is 0 Å². The Bertz CT molecular complexity index is 835. The summed E-state index contributed by atoms with van der Waals surface area (Å²) in [6, 6.07) is 5.16. The van der Waals surface area contributed by atoms with Gasteiger partial charge in [-0.3, -0.25) is 9.36 Å². The molecule has 1 amide bonds. The van der Waals surface area contributed by atoms with Crippen molar-refractivity contribution in [3.63, 3.8) is 0 Å². The fraction of sp³-hybridized carbons (Fsp3) is 0.579. The number of carbonyl (C=O) groups excluding carboxylic acids is 1. The number of nitrogens with zero attached hydrogens (tertiary/aromatic N) is 2. The lowest BCUT2D eigenvalue weighted by atomic mass is 9.87. The lowest BCUT2D eigenvalue weighted by Crippen LogP contribution is -2.45. The molecule has 1 aliphatic heterocycles. The highest BCUT2D eigenvalue weighted by Crippen LogP contribution is 2.30. The van der Waals surface area contributed by atoms with Crippen LogP contribution < -0.4 is 5.76 Å². The van der Waals surface area contributed by atoms with Crippen LogP contribution in [0.4, 0.5) is 0 Å². The van der Waals surface area contributed by atoms with Crippen LogP contribution in [0.5, 0.6) is 0 Å². The zero-order valence-electron chi connectivity index (χ0n) is 14.2. The highest BCUT2D eigenvalue weighted by Gasteiger charge is 2.31. The first-order valence-electron chi connectivity index (χ1n) is 9.23. The lowest BCUT2D eigenvalue weighted by molar-refractivity contribution is -0.138. The number of oxazole rings is 1. The predicted molar refractivity (Wildman–Crippen MR) is 96.9 cm³/mol. The van der Waals surface area contributed by atoms with E-state index in [4.69, 9.17) is 16.0 Å². The molecule has 134 valence electrons. The summed E-state index contributed by atoms with van der Waals surface area (Å²) in [6.07, 6.45) is 7.33. The average Bonchev–Trinajstić information content (AvgIpc) is 2.97. The van der Waals surface area contributed by atoms with Crippen molar-refractivity contribution >= 4 is 28.6 Å². The maximum absolute atomic E-state index is 12.9. The van der Waals surface area contributed by atoms with Crippen LogP contribution in [-0.4, -0.2) is 28.5 Å². The molecular formula is C19H23ClN2O3. The van der Waals surface area contributed by atoms with Gasteiger partial charge in [0.05, 0.1) is 11.6 Å². The molecule has 4 rings (SSSR count). The molecule has 1 atom stereocenters. The number of hydrogen-bond acceptors (Lipinski definition) is 3. The largest absolute Gasteiger partial charge is 0.420 e. The van der Waals surface area contributed by atoms with Crippen molar-refractivity contribution in [3.05, 3.63) is 33.8 Å². The summed E-state index contributed by atoms with van der Waals surface area (Å²) in [6.45, 7) is 1.37. The summed E-state index contributed by atoms with van der Waals surface area (Å²) >= 11 is 6.10. The van der Waals surface area contributed by atoms with Gasteiger partial charge in [0.1, 0.15) is 0 Å². The molecule has 25 heavy (non-hydrogen) atoms. The number of rotatable bonds is 2. The fourth-order valence-electron chi connectivity index (χ4n) is 4.33. The van der Waals surface area contributed by atoms with E-state index in [2.05, 4.69) is 0 Å². The monoisotopic (exact) mass is 362 g/mol. The van der Waals surface area contributed by atoms with E-state index in [1.807, 2.05) is 4.90 Å². The minimum absolute atomic E-state index is 0.0477. The molecule has 0 radical (unpaired) electrons. The van der Waals surface area contributed by atoms with E-state index >= 15 is 0 Å². The van der Waals surface area contributed by atoms with Gasteiger partial charge in [-0.05, 0) is 43.9 Å². The first-order valence-corrected chi connectivity index (χ1v) is 9.60. The Morgan fingerprint density at radius 3 is 2.72 bits per heavy atom. The van der Waals surface area contributed by atoms with Crippen LogP contribution in [0.3, 0.4) is 0 Å². The second kappa shape index (κ2) is 6.87. The van der Waals surface area contributed by atoms with Crippen LogP contribution in [0.15, 0.2) is 27.4 Å². The van der Waals surface area contributed by atoms with Gasteiger partial charge >= 0.3 is 5.76 Å². The Morgan fingerprint density at radius 1 is 1.12 bits per heavy atom. The van der Waals surface area contributed by atoms with Crippen LogP contribution in [0.25, 0.3) is 11.1 Å². The molecule has 1 saturated carbocycles. The summed E-state index contributed by atoms with van der Waals surface area (Å²) in [4.78, 5) is 27.2. The number of amides is 1. The maximum atomic E-state index is 12.9. The van der Waals surface area contributed by atoms with Crippen molar-refractivity contribution in [2.45, 2.75) is 51.0 Å². The second-order valence-electron chi connectivity index (χ2n) is 7.27. The zero-order chi connectivity index (χ0) is 17.4. The summed E-state index contributed by atoms with van der Waals surface area (Å²) in [7, 11) is 0. The van der Waals surface area contributed by atoms with E-state index in [1.54, 1.807) is 22.8 Å². The smallest absolute Gasteiger partial charge is 0.408 e. The van der Waals surface area contributed by atoms with Crippen molar-refractivity contribution in [3.8, 4) is 0 Å². The van der Waals surface area contributed by atoms with Gasteiger partial charge in [-0.1, -0.05) is 30.9 Å². The summed E-state index contributed by atoms with van der Waals surface area (Å²) < 4.78 is 7.05. The number of halogens is 1. The van der Waals surface area contributed by atoms with Crippen molar-refractivity contribution in [1.82, 2.24) is 9.47 Å². The Balaban J connectivity index is 1.59. The van der Waals surface area contributed by atoms with E-state index in [1.165, 1.54) is 6.42 Å². The lowest BCUT2D eigenvalue weighted by Gasteiger charge is -2.36. The number of fused-ring (bicyclic) bond motifs is 1. The number of benzene rings is 1. The highest BCUT2D eigenvalue weighted by atomic mass is 35.5. The number of carbonyl (C=O) groups is 1. The topological polar surface area (TPSA) is 55.5 Å². The predicted octanol–water partition coefficient (Wildman–Crippen LogP) is 3.99. The highest BCUT2D eigenvalue weighted by molar-refractivity contribution is 6.31. The van der Waals surface area contributed by atoms with Crippen LogP contribution >= 0.6 is 11.6 Å². The minimum atomic E-state index is -0.366. The average molecular weight is 363 g/mol. The SMILES string of the molecule is O=C(C1CCCCC1)N1CCC[C@H](n2c(=O)oc3ccc(Cl)cc32)C1. The first kappa shape index (κ1) is 16.7. The standard InChI is InChI=1S/C19H23ClN2O3/c20-14-8-9-17-16(11-14)22(19(24)25-17)15-7-4-10-21(12-15)18(23)13-5-2-1-3-6-13/h8-9,11,13,15H,1-7,10,12H2/t15-/m0/s1. The van der Waals surface area contributed by atoms with E-state index in [0.29, 0.717) is 17.2 Å². The van der Waals surface area contributed by atoms with Crippen LogP contribution in [-0.2, 0) is 4.79 Å².